The molecule has 0 unspecified atom stereocenters. The molecule has 3 aromatic carbocycles. The minimum atomic E-state index is -0.126. The number of aromatic nitrogens is 4. The highest BCUT2D eigenvalue weighted by Crippen LogP contribution is 2.24. The number of anilines is 1. The number of hydrogen-bond donors (Lipinski definition) is 1. The van der Waals surface area contributed by atoms with Crippen molar-refractivity contribution in [3.63, 3.8) is 0 Å². The predicted octanol–water partition coefficient (Wildman–Crippen LogP) is 3.91. The van der Waals surface area contributed by atoms with Crippen molar-refractivity contribution >= 4 is 28.3 Å². The van der Waals surface area contributed by atoms with Gasteiger partial charge in [0.25, 0.3) is 5.56 Å². The number of nitrogens with one attached hydrogen (secondary N) is 1. The van der Waals surface area contributed by atoms with Crippen LogP contribution in [0.4, 0.5) is 5.69 Å². The fraction of sp³-hybridized carbons (Fsp3) is 0.120. The summed E-state index contributed by atoms with van der Waals surface area (Å²) in [5.74, 6) is 1.02. The van der Waals surface area contributed by atoms with Crippen molar-refractivity contribution in [2.45, 2.75) is 19.9 Å². The Morgan fingerprint density at radius 3 is 2.38 bits per heavy atom. The number of carbonyl (C=O) groups excluding carboxylic acids is 1. The number of benzene rings is 3. The molecule has 2 aromatic heterocycles. The number of nitrogens with zero attached hydrogens (tertiary/aromatic N) is 4. The Labute approximate surface area is 184 Å². The molecule has 0 spiro atoms. The lowest BCUT2D eigenvalue weighted by molar-refractivity contribution is -0.114. The molecule has 158 valence electrons. The summed E-state index contributed by atoms with van der Waals surface area (Å²) in [4.78, 5) is 24.6. The SMILES string of the molecule is CC(=O)Nc1ccc(-c2nnc3n(CCc4ccccc4)c(=O)c4ccccc4n23)cc1. The number of rotatable bonds is 5. The van der Waals surface area contributed by atoms with E-state index >= 15 is 0 Å². The van der Waals surface area contributed by atoms with E-state index in [2.05, 4.69) is 27.6 Å². The molecule has 0 bridgehead atoms. The van der Waals surface area contributed by atoms with Crippen LogP contribution in [0.1, 0.15) is 12.5 Å². The fourth-order valence-corrected chi connectivity index (χ4v) is 3.94. The number of hydrogen-bond acceptors (Lipinski definition) is 4. The molecular formula is C25H21N5O2. The van der Waals surface area contributed by atoms with Crippen LogP contribution in [0.15, 0.2) is 83.7 Å². The third-order valence-corrected chi connectivity index (χ3v) is 5.44. The molecule has 0 aliphatic carbocycles. The lowest BCUT2D eigenvalue weighted by atomic mass is 10.1. The van der Waals surface area contributed by atoms with Gasteiger partial charge in [0.2, 0.25) is 11.7 Å². The molecule has 0 saturated carbocycles. The summed E-state index contributed by atoms with van der Waals surface area (Å²) >= 11 is 0. The molecule has 1 N–H and O–H groups in total. The highest BCUT2D eigenvalue weighted by atomic mass is 16.1. The van der Waals surface area contributed by atoms with E-state index in [0.717, 1.165) is 16.6 Å². The summed E-state index contributed by atoms with van der Waals surface area (Å²) in [5.41, 5.74) is 3.38. The first-order chi connectivity index (χ1) is 15.6. The van der Waals surface area contributed by atoms with Crippen molar-refractivity contribution in [1.82, 2.24) is 19.2 Å². The predicted molar refractivity (Wildman–Crippen MR) is 125 cm³/mol. The van der Waals surface area contributed by atoms with Gasteiger partial charge in [-0.25, -0.2) is 0 Å². The monoisotopic (exact) mass is 423 g/mol. The second-order valence-electron chi connectivity index (χ2n) is 7.63. The van der Waals surface area contributed by atoms with Crippen molar-refractivity contribution in [2.24, 2.45) is 0 Å². The summed E-state index contributed by atoms with van der Waals surface area (Å²) in [6, 6.07) is 25.0. The molecule has 0 atom stereocenters. The first-order valence-corrected chi connectivity index (χ1v) is 10.4. The van der Waals surface area contributed by atoms with Gasteiger partial charge >= 0.3 is 0 Å². The van der Waals surface area contributed by atoms with Crippen LogP contribution in [0.2, 0.25) is 0 Å². The zero-order valence-electron chi connectivity index (χ0n) is 17.5. The second-order valence-corrected chi connectivity index (χ2v) is 7.63. The van der Waals surface area contributed by atoms with Gasteiger partial charge < -0.3 is 5.32 Å². The van der Waals surface area contributed by atoms with Gasteiger partial charge in [0.15, 0.2) is 5.82 Å². The zero-order valence-corrected chi connectivity index (χ0v) is 17.5. The van der Waals surface area contributed by atoms with Crippen molar-refractivity contribution in [2.75, 3.05) is 5.32 Å². The van der Waals surface area contributed by atoms with Crippen molar-refractivity contribution in [3.05, 3.63) is 94.8 Å². The van der Waals surface area contributed by atoms with Crippen LogP contribution in [0.3, 0.4) is 0 Å². The molecule has 5 rings (SSSR count). The van der Waals surface area contributed by atoms with Crippen LogP contribution in [0, 0.1) is 0 Å². The molecule has 0 aliphatic rings. The smallest absolute Gasteiger partial charge is 0.262 e. The minimum absolute atomic E-state index is 0.0796. The third-order valence-electron chi connectivity index (χ3n) is 5.44. The molecule has 0 radical (unpaired) electrons. The highest BCUT2D eigenvalue weighted by Gasteiger charge is 2.17. The Morgan fingerprint density at radius 2 is 1.62 bits per heavy atom. The zero-order chi connectivity index (χ0) is 22.1. The third kappa shape index (κ3) is 3.54. The number of amides is 1. The Hall–Kier alpha value is -4.26. The van der Waals surface area contributed by atoms with Gasteiger partial charge in [-0.15, -0.1) is 10.2 Å². The Balaban J connectivity index is 1.65. The van der Waals surface area contributed by atoms with Crippen LogP contribution in [-0.4, -0.2) is 25.1 Å². The summed E-state index contributed by atoms with van der Waals surface area (Å²) < 4.78 is 3.62. The lowest BCUT2D eigenvalue weighted by Crippen LogP contribution is -2.24. The largest absolute Gasteiger partial charge is 0.326 e. The van der Waals surface area contributed by atoms with Gasteiger partial charge in [-0.1, -0.05) is 42.5 Å². The molecule has 0 fully saturated rings. The van der Waals surface area contributed by atoms with E-state index in [1.165, 1.54) is 6.92 Å². The van der Waals surface area contributed by atoms with Gasteiger partial charge in [-0.3, -0.25) is 18.6 Å². The maximum atomic E-state index is 13.3. The van der Waals surface area contributed by atoms with Gasteiger partial charge in [-0.2, -0.15) is 0 Å². The van der Waals surface area contributed by atoms with Gasteiger partial charge in [0.05, 0.1) is 10.9 Å². The number of fused-ring (bicyclic) bond motifs is 3. The number of para-hydroxylation sites is 1. The van der Waals surface area contributed by atoms with E-state index in [0.29, 0.717) is 35.6 Å². The van der Waals surface area contributed by atoms with E-state index in [9.17, 15) is 9.59 Å². The molecule has 2 heterocycles. The van der Waals surface area contributed by atoms with E-state index < -0.39 is 0 Å². The van der Waals surface area contributed by atoms with Crippen molar-refractivity contribution in [1.29, 1.82) is 0 Å². The van der Waals surface area contributed by atoms with Crippen LogP contribution in [0.25, 0.3) is 28.1 Å². The molecular weight excluding hydrogens is 402 g/mol. The fourth-order valence-electron chi connectivity index (χ4n) is 3.94. The second kappa shape index (κ2) is 8.11. The van der Waals surface area contributed by atoms with Gasteiger partial charge in [0, 0.05) is 24.7 Å². The standard InChI is InChI=1S/C25H21N5O2/c1-17(31)26-20-13-11-19(12-14-20)23-27-28-25-29(16-15-18-7-3-2-4-8-18)24(32)21-9-5-6-10-22(21)30(23)25/h2-14H,15-16H2,1H3,(H,26,31). The van der Waals surface area contributed by atoms with Crippen LogP contribution in [-0.2, 0) is 17.8 Å². The van der Waals surface area contributed by atoms with E-state index in [1.807, 2.05) is 71.1 Å². The van der Waals surface area contributed by atoms with Crippen molar-refractivity contribution < 1.29 is 4.79 Å². The van der Waals surface area contributed by atoms with E-state index in [1.54, 1.807) is 4.57 Å². The Kier molecular flexibility index (Phi) is 4.99. The van der Waals surface area contributed by atoms with Crippen LogP contribution in [0.5, 0.6) is 0 Å². The quantitative estimate of drug-likeness (QED) is 0.465. The number of carbonyl (C=O) groups is 1. The Morgan fingerprint density at radius 1 is 0.906 bits per heavy atom. The molecule has 0 aliphatic heterocycles. The topological polar surface area (TPSA) is 81.3 Å². The highest BCUT2D eigenvalue weighted by molar-refractivity contribution is 5.89. The molecule has 7 nitrogen and oxygen atoms in total. The van der Waals surface area contributed by atoms with E-state index in [4.69, 9.17) is 0 Å². The summed E-state index contributed by atoms with van der Waals surface area (Å²) in [6.45, 7) is 1.97. The van der Waals surface area contributed by atoms with E-state index in [-0.39, 0.29) is 11.5 Å². The van der Waals surface area contributed by atoms with Crippen LogP contribution >= 0.6 is 0 Å². The summed E-state index contributed by atoms with van der Waals surface area (Å²) in [6.07, 6.45) is 0.711. The van der Waals surface area contributed by atoms with Crippen molar-refractivity contribution in [3.8, 4) is 11.4 Å². The Bertz CT molecular complexity index is 1480. The first-order valence-electron chi connectivity index (χ1n) is 10.4. The molecule has 0 saturated heterocycles. The molecule has 5 aromatic rings. The average molecular weight is 423 g/mol. The lowest BCUT2D eigenvalue weighted by Gasteiger charge is -2.12. The molecule has 7 heteroatoms. The normalized spacial score (nSPS) is 11.2. The number of aryl methyl sites for hydroxylation is 2. The van der Waals surface area contributed by atoms with Crippen LogP contribution < -0.4 is 10.9 Å². The first kappa shape index (κ1) is 19.7. The van der Waals surface area contributed by atoms with Gasteiger partial charge in [0.1, 0.15) is 0 Å². The maximum absolute atomic E-state index is 13.3. The summed E-state index contributed by atoms with van der Waals surface area (Å²) in [7, 11) is 0. The maximum Gasteiger partial charge on any atom is 0.262 e. The minimum Gasteiger partial charge on any atom is -0.326 e. The van der Waals surface area contributed by atoms with Gasteiger partial charge in [-0.05, 0) is 48.4 Å². The average Bonchev–Trinajstić information content (AvgIpc) is 3.25. The molecule has 32 heavy (non-hydrogen) atoms. The molecule has 1 amide bonds. The summed E-state index contributed by atoms with van der Waals surface area (Å²) in [5, 5.41) is 12.2.